The first kappa shape index (κ1) is 14.5. The molecule has 0 bridgehead atoms. The number of carbonyl (C=O) groups excluding carboxylic acids is 1. The molecule has 0 amide bonds. The van der Waals surface area contributed by atoms with Gasteiger partial charge < -0.3 is 9.47 Å². The molecular weight excluding hydrogens is 234 g/mol. The van der Waals surface area contributed by atoms with Crippen molar-refractivity contribution in [3.8, 4) is 0 Å². The first-order valence-electron chi connectivity index (χ1n) is 5.79. The fourth-order valence-corrected chi connectivity index (χ4v) is 1.48. The molecule has 0 saturated carbocycles. The van der Waals surface area contributed by atoms with Gasteiger partial charge in [-0.3, -0.25) is 19.7 Å². The van der Waals surface area contributed by atoms with Crippen molar-refractivity contribution in [2.45, 2.75) is 13.0 Å². The van der Waals surface area contributed by atoms with E-state index in [4.69, 9.17) is 4.74 Å². The van der Waals surface area contributed by atoms with Crippen molar-refractivity contribution in [3.05, 3.63) is 24.3 Å². The number of hydrogen-bond acceptors (Lipinski definition) is 6. The van der Waals surface area contributed by atoms with Crippen LogP contribution < -0.4 is 0 Å². The highest BCUT2D eigenvalue weighted by molar-refractivity contribution is 5.69. The van der Waals surface area contributed by atoms with Crippen LogP contribution in [-0.2, 0) is 20.8 Å². The van der Waals surface area contributed by atoms with Crippen LogP contribution in [0.5, 0.6) is 0 Å². The topological polar surface area (TPSA) is 64.5 Å². The van der Waals surface area contributed by atoms with E-state index in [0.717, 1.165) is 12.2 Å². The Morgan fingerprint density at radius 1 is 1.33 bits per heavy atom. The molecule has 0 saturated heterocycles. The van der Waals surface area contributed by atoms with Gasteiger partial charge in [-0.25, -0.2) is 0 Å². The van der Waals surface area contributed by atoms with Gasteiger partial charge in [-0.1, -0.05) is 0 Å². The Morgan fingerprint density at radius 3 is 2.78 bits per heavy atom. The Hall–Kier alpha value is -1.53. The lowest BCUT2D eigenvalue weighted by Crippen LogP contribution is -2.30. The van der Waals surface area contributed by atoms with Gasteiger partial charge in [0.1, 0.15) is 0 Å². The number of ether oxygens (including phenoxy) is 2. The average molecular weight is 253 g/mol. The molecule has 0 radical (unpaired) electrons. The molecule has 0 N–H and O–H groups in total. The molecule has 6 heteroatoms. The predicted octanol–water partition coefficient (Wildman–Crippen LogP) is 0.488. The van der Waals surface area contributed by atoms with Gasteiger partial charge in [0, 0.05) is 45.3 Å². The lowest BCUT2D eigenvalue weighted by Gasteiger charge is -2.20. The van der Waals surface area contributed by atoms with E-state index in [0.29, 0.717) is 26.1 Å². The first-order chi connectivity index (χ1) is 8.76. The number of aromatic nitrogens is 2. The molecule has 0 unspecified atom stereocenters. The first-order valence-corrected chi connectivity index (χ1v) is 5.79. The average Bonchev–Trinajstić information content (AvgIpc) is 2.42. The van der Waals surface area contributed by atoms with Crippen LogP contribution in [0.15, 0.2) is 18.6 Å². The molecule has 0 aliphatic heterocycles. The highest BCUT2D eigenvalue weighted by Gasteiger charge is 2.09. The summed E-state index contributed by atoms with van der Waals surface area (Å²) in [6.45, 7) is 2.62. The number of nitrogens with zero attached hydrogens (tertiary/aromatic N) is 3. The fourth-order valence-electron chi connectivity index (χ4n) is 1.48. The highest BCUT2D eigenvalue weighted by Crippen LogP contribution is 2.01. The van der Waals surface area contributed by atoms with Crippen molar-refractivity contribution in [1.29, 1.82) is 0 Å². The smallest absolute Gasteiger partial charge is 0.306 e. The van der Waals surface area contributed by atoms with Crippen LogP contribution in [0.1, 0.15) is 12.1 Å². The Balaban J connectivity index is 2.47. The predicted molar refractivity (Wildman–Crippen MR) is 65.8 cm³/mol. The van der Waals surface area contributed by atoms with Crippen LogP contribution >= 0.6 is 0 Å². The highest BCUT2D eigenvalue weighted by atomic mass is 16.5. The summed E-state index contributed by atoms with van der Waals surface area (Å²) in [6.07, 6.45) is 5.38. The van der Waals surface area contributed by atoms with E-state index in [1.807, 2.05) is 0 Å². The van der Waals surface area contributed by atoms with Crippen LogP contribution in [0, 0.1) is 0 Å². The maximum absolute atomic E-state index is 11.1. The molecule has 6 nitrogen and oxygen atoms in total. The van der Waals surface area contributed by atoms with Crippen molar-refractivity contribution in [3.63, 3.8) is 0 Å². The largest absolute Gasteiger partial charge is 0.469 e. The zero-order valence-electron chi connectivity index (χ0n) is 10.8. The summed E-state index contributed by atoms with van der Waals surface area (Å²) in [4.78, 5) is 21.5. The lowest BCUT2D eigenvalue weighted by molar-refractivity contribution is -0.141. The molecular formula is C12H19N3O3. The summed E-state index contributed by atoms with van der Waals surface area (Å²) in [6, 6.07) is 0. The number of carbonyl (C=O) groups is 1. The van der Waals surface area contributed by atoms with Crippen molar-refractivity contribution < 1.29 is 14.3 Å². The maximum atomic E-state index is 11.1. The van der Waals surface area contributed by atoms with Crippen LogP contribution in [0.3, 0.4) is 0 Å². The zero-order valence-corrected chi connectivity index (χ0v) is 10.8. The molecule has 1 rings (SSSR count). The number of esters is 1. The molecule has 0 aliphatic carbocycles. The molecule has 0 atom stereocenters. The third-order valence-electron chi connectivity index (χ3n) is 2.47. The molecule has 1 aromatic heterocycles. The third-order valence-corrected chi connectivity index (χ3v) is 2.47. The SMILES string of the molecule is COCCN(CCC(=O)OC)Cc1cnccn1. The molecule has 0 fully saturated rings. The molecule has 1 heterocycles. The van der Waals surface area contributed by atoms with Gasteiger partial charge in [-0.15, -0.1) is 0 Å². The van der Waals surface area contributed by atoms with Gasteiger partial charge >= 0.3 is 5.97 Å². The fraction of sp³-hybridized carbons (Fsp3) is 0.583. The van der Waals surface area contributed by atoms with E-state index < -0.39 is 0 Å². The standard InChI is InChI=1S/C12H19N3O3/c1-17-8-7-15(6-3-12(16)18-2)10-11-9-13-4-5-14-11/h4-5,9H,3,6-8,10H2,1-2H3. The van der Waals surface area contributed by atoms with Crippen molar-refractivity contribution in [2.24, 2.45) is 0 Å². The van der Waals surface area contributed by atoms with Gasteiger partial charge in [0.25, 0.3) is 0 Å². The zero-order chi connectivity index (χ0) is 13.2. The molecule has 0 spiro atoms. The maximum Gasteiger partial charge on any atom is 0.306 e. The van der Waals surface area contributed by atoms with E-state index >= 15 is 0 Å². The van der Waals surface area contributed by atoms with Gasteiger partial charge in [0.05, 0.1) is 25.8 Å². The third kappa shape index (κ3) is 5.70. The van der Waals surface area contributed by atoms with Crippen LogP contribution in [0.4, 0.5) is 0 Å². The molecule has 0 aromatic carbocycles. The van der Waals surface area contributed by atoms with Gasteiger partial charge in [-0.05, 0) is 0 Å². The monoisotopic (exact) mass is 253 g/mol. The van der Waals surface area contributed by atoms with Gasteiger partial charge in [0.2, 0.25) is 0 Å². The summed E-state index contributed by atoms with van der Waals surface area (Å²) < 4.78 is 9.68. The second kappa shape index (κ2) is 8.54. The molecule has 100 valence electrons. The number of hydrogen-bond donors (Lipinski definition) is 0. The minimum atomic E-state index is -0.212. The summed E-state index contributed by atoms with van der Waals surface area (Å²) >= 11 is 0. The summed E-state index contributed by atoms with van der Waals surface area (Å²) in [5.41, 5.74) is 0.874. The molecule has 1 aromatic rings. The van der Waals surface area contributed by atoms with Gasteiger partial charge in [-0.2, -0.15) is 0 Å². The second-order valence-electron chi connectivity index (χ2n) is 3.79. The van der Waals surface area contributed by atoms with Crippen molar-refractivity contribution in [1.82, 2.24) is 14.9 Å². The lowest BCUT2D eigenvalue weighted by atomic mass is 10.3. The minimum Gasteiger partial charge on any atom is -0.469 e. The minimum absolute atomic E-state index is 0.212. The Morgan fingerprint density at radius 2 is 2.17 bits per heavy atom. The quantitative estimate of drug-likeness (QED) is 0.628. The number of rotatable bonds is 8. The van der Waals surface area contributed by atoms with E-state index in [1.54, 1.807) is 25.7 Å². The molecule has 18 heavy (non-hydrogen) atoms. The van der Waals surface area contributed by atoms with Crippen molar-refractivity contribution >= 4 is 5.97 Å². The number of methoxy groups -OCH3 is 2. The Bertz CT molecular complexity index is 346. The van der Waals surface area contributed by atoms with Crippen LogP contribution in [-0.4, -0.2) is 54.8 Å². The van der Waals surface area contributed by atoms with Crippen LogP contribution in [0.25, 0.3) is 0 Å². The Kier molecular flexibility index (Phi) is 6.90. The molecule has 0 aliphatic rings. The van der Waals surface area contributed by atoms with E-state index in [1.165, 1.54) is 7.11 Å². The summed E-state index contributed by atoms with van der Waals surface area (Å²) in [5, 5.41) is 0. The van der Waals surface area contributed by atoms with Gasteiger partial charge in [0.15, 0.2) is 0 Å². The van der Waals surface area contributed by atoms with Crippen LogP contribution in [0.2, 0.25) is 0 Å². The summed E-state index contributed by atoms with van der Waals surface area (Å²) in [5.74, 6) is -0.212. The summed E-state index contributed by atoms with van der Waals surface area (Å²) in [7, 11) is 3.05. The second-order valence-corrected chi connectivity index (χ2v) is 3.79. The van der Waals surface area contributed by atoms with E-state index in [-0.39, 0.29) is 5.97 Å². The van der Waals surface area contributed by atoms with E-state index in [2.05, 4.69) is 19.6 Å². The Labute approximate surface area is 107 Å². The normalized spacial score (nSPS) is 10.6. The van der Waals surface area contributed by atoms with E-state index in [9.17, 15) is 4.79 Å². The van der Waals surface area contributed by atoms with Crippen molar-refractivity contribution in [2.75, 3.05) is 33.9 Å².